The first-order valence-electron chi connectivity index (χ1n) is 7.78. The second kappa shape index (κ2) is 7.79. The van der Waals surface area contributed by atoms with Gasteiger partial charge >= 0.3 is 16.2 Å². The van der Waals surface area contributed by atoms with E-state index < -0.39 is 39.2 Å². The lowest BCUT2D eigenvalue weighted by Gasteiger charge is -2.17. The molecule has 1 aromatic rings. The fourth-order valence-corrected chi connectivity index (χ4v) is 3.62. The Morgan fingerprint density at radius 1 is 1.28 bits per heavy atom. The van der Waals surface area contributed by atoms with E-state index in [-0.39, 0.29) is 12.2 Å². The zero-order valence-electron chi connectivity index (χ0n) is 13.6. The van der Waals surface area contributed by atoms with Crippen molar-refractivity contribution in [3.8, 4) is 5.75 Å². The van der Waals surface area contributed by atoms with Gasteiger partial charge in [0.1, 0.15) is 0 Å². The summed E-state index contributed by atoms with van der Waals surface area (Å²) in [6.07, 6.45) is 1.88. The van der Waals surface area contributed by atoms with Crippen LogP contribution in [-0.4, -0.2) is 49.4 Å². The molecule has 0 bridgehead atoms. The maximum atomic E-state index is 14.4. The maximum Gasteiger partial charge on any atom is 0.338 e. The second-order valence-corrected chi connectivity index (χ2v) is 7.17. The molecule has 0 spiro atoms. The van der Waals surface area contributed by atoms with Gasteiger partial charge in [0.2, 0.25) is 0 Å². The van der Waals surface area contributed by atoms with E-state index in [0.717, 1.165) is 16.4 Å². The van der Waals surface area contributed by atoms with Crippen LogP contribution in [0.25, 0.3) is 0 Å². The number of amides is 1. The summed E-state index contributed by atoms with van der Waals surface area (Å²) < 4.78 is 46.8. The Balaban J connectivity index is 2.34. The molecule has 1 saturated heterocycles. The van der Waals surface area contributed by atoms with Crippen molar-refractivity contribution in [2.75, 3.05) is 19.7 Å². The highest BCUT2D eigenvalue weighted by atomic mass is 32.2. The van der Waals surface area contributed by atoms with Gasteiger partial charge in [-0.1, -0.05) is 6.92 Å². The van der Waals surface area contributed by atoms with Crippen molar-refractivity contribution in [1.29, 1.82) is 0 Å². The third kappa shape index (κ3) is 4.26. The van der Waals surface area contributed by atoms with E-state index >= 15 is 0 Å². The Morgan fingerprint density at radius 2 is 1.88 bits per heavy atom. The fraction of sp³-hybridized carbons (Fsp3) is 0.467. The van der Waals surface area contributed by atoms with Crippen molar-refractivity contribution in [3.05, 3.63) is 29.1 Å². The third-order valence-electron chi connectivity index (χ3n) is 3.65. The van der Waals surface area contributed by atoms with Gasteiger partial charge in [0.05, 0.1) is 17.7 Å². The van der Waals surface area contributed by atoms with Crippen molar-refractivity contribution in [3.63, 3.8) is 0 Å². The number of nitrogens with zero attached hydrogens (tertiary/aromatic N) is 1. The summed E-state index contributed by atoms with van der Waals surface area (Å²) in [5, 5.41) is 8.98. The lowest BCUT2D eigenvalue weighted by Crippen LogP contribution is -2.42. The molecular weight excluding hydrogens is 355 g/mol. The van der Waals surface area contributed by atoms with Crippen molar-refractivity contribution in [2.45, 2.75) is 26.2 Å². The number of hydrogen-bond donors (Lipinski definition) is 2. The van der Waals surface area contributed by atoms with E-state index in [1.807, 2.05) is 4.72 Å². The molecule has 138 valence electrons. The van der Waals surface area contributed by atoms with Gasteiger partial charge in [-0.15, -0.1) is 0 Å². The Labute approximate surface area is 144 Å². The lowest BCUT2D eigenvalue weighted by molar-refractivity contribution is 0.0689. The van der Waals surface area contributed by atoms with E-state index in [1.54, 1.807) is 6.92 Å². The fourth-order valence-electron chi connectivity index (χ4n) is 2.41. The molecule has 0 aromatic heterocycles. The number of halogens is 1. The molecule has 25 heavy (non-hydrogen) atoms. The number of carboxylic acids is 1. The molecule has 2 N–H and O–H groups in total. The first-order valence-corrected chi connectivity index (χ1v) is 9.22. The number of carboxylic acid groups (broad SMARTS) is 1. The van der Waals surface area contributed by atoms with Crippen LogP contribution in [0.5, 0.6) is 5.75 Å². The van der Waals surface area contributed by atoms with Crippen LogP contribution >= 0.6 is 0 Å². The Bertz CT molecular complexity index is 774. The van der Waals surface area contributed by atoms with Crippen LogP contribution in [0.15, 0.2) is 12.1 Å². The quantitative estimate of drug-likeness (QED) is 0.746. The van der Waals surface area contributed by atoms with Crippen molar-refractivity contribution >= 4 is 22.1 Å². The summed E-state index contributed by atoms with van der Waals surface area (Å²) in [7, 11) is -4.04. The molecule has 1 heterocycles. The number of carbonyl (C=O) groups excluding carboxylic acids is 1. The molecule has 2 rings (SSSR count). The summed E-state index contributed by atoms with van der Waals surface area (Å²) >= 11 is 0. The smallest absolute Gasteiger partial charge is 0.338 e. The minimum Gasteiger partial charge on any atom is -0.490 e. The highest BCUT2D eigenvalue weighted by Crippen LogP contribution is 2.27. The largest absolute Gasteiger partial charge is 0.490 e. The van der Waals surface area contributed by atoms with E-state index in [0.29, 0.717) is 32.4 Å². The molecule has 0 aliphatic carbocycles. The van der Waals surface area contributed by atoms with Gasteiger partial charge in [-0.3, -0.25) is 4.79 Å². The number of ether oxygens (including phenoxy) is 1. The maximum absolute atomic E-state index is 14.4. The summed E-state index contributed by atoms with van der Waals surface area (Å²) in [6.45, 7) is 2.39. The Hall–Kier alpha value is -2.20. The predicted molar refractivity (Wildman–Crippen MR) is 86.3 cm³/mol. The zero-order valence-corrected chi connectivity index (χ0v) is 14.4. The van der Waals surface area contributed by atoms with Crippen molar-refractivity contribution in [2.24, 2.45) is 0 Å². The lowest BCUT2D eigenvalue weighted by atomic mass is 10.1. The number of carbonyl (C=O) groups is 2. The molecule has 10 heteroatoms. The van der Waals surface area contributed by atoms with Gasteiger partial charge in [-0.2, -0.15) is 12.7 Å². The molecule has 0 radical (unpaired) electrons. The average Bonchev–Trinajstić information content (AvgIpc) is 3.08. The van der Waals surface area contributed by atoms with Crippen LogP contribution in [0.1, 0.15) is 46.9 Å². The molecule has 1 fully saturated rings. The van der Waals surface area contributed by atoms with Gasteiger partial charge in [-0.25, -0.2) is 13.9 Å². The first kappa shape index (κ1) is 19.1. The molecule has 0 saturated carbocycles. The van der Waals surface area contributed by atoms with Gasteiger partial charge in [-0.05, 0) is 31.4 Å². The standard InChI is InChI=1S/C15H19FN2O6S/c1-2-9-24-13-11(6-5-10(12(13)16)15(20)21)14(19)17-25(22,23)18-7-3-4-8-18/h5-6H,2-4,7-9H2,1H3,(H,17,19)(H,20,21). The summed E-state index contributed by atoms with van der Waals surface area (Å²) in [4.78, 5) is 23.4. The summed E-state index contributed by atoms with van der Waals surface area (Å²) in [6, 6.07) is 1.93. The number of hydrogen-bond acceptors (Lipinski definition) is 5. The van der Waals surface area contributed by atoms with Gasteiger partial charge in [0, 0.05) is 13.1 Å². The summed E-state index contributed by atoms with van der Waals surface area (Å²) in [5.74, 6) is -4.38. The molecule has 1 aliphatic heterocycles. The number of aromatic carboxylic acids is 1. The Kier molecular flexibility index (Phi) is 5.96. The second-order valence-electron chi connectivity index (χ2n) is 5.50. The molecular formula is C15H19FN2O6S. The van der Waals surface area contributed by atoms with E-state index in [2.05, 4.69) is 0 Å². The van der Waals surface area contributed by atoms with Gasteiger partial charge < -0.3 is 9.84 Å². The molecule has 8 nitrogen and oxygen atoms in total. The minimum absolute atomic E-state index is 0.0408. The molecule has 1 aromatic carbocycles. The van der Waals surface area contributed by atoms with E-state index in [4.69, 9.17) is 9.84 Å². The molecule has 1 aliphatic rings. The van der Waals surface area contributed by atoms with Gasteiger partial charge in [0.25, 0.3) is 5.91 Å². The molecule has 0 atom stereocenters. The van der Waals surface area contributed by atoms with Crippen molar-refractivity contribution in [1.82, 2.24) is 9.03 Å². The number of nitrogens with one attached hydrogen (secondary N) is 1. The molecule has 1 amide bonds. The monoisotopic (exact) mass is 374 g/mol. The highest BCUT2D eigenvalue weighted by molar-refractivity contribution is 7.87. The van der Waals surface area contributed by atoms with Crippen LogP contribution < -0.4 is 9.46 Å². The Morgan fingerprint density at radius 3 is 2.44 bits per heavy atom. The summed E-state index contributed by atoms with van der Waals surface area (Å²) in [5.41, 5.74) is -1.04. The van der Waals surface area contributed by atoms with Gasteiger partial charge in [0.15, 0.2) is 11.6 Å². The zero-order chi connectivity index (χ0) is 18.6. The minimum atomic E-state index is -4.04. The number of benzene rings is 1. The normalized spacial score (nSPS) is 15.1. The topological polar surface area (TPSA) is 113 Å². The van der Waals surface area contributed by atoms with Crippen LogP contribution in [0.4, 0.5) is 4.39 Å². The highest BCUT2D eigenvalue weighted by Gasteiger charge is 2.30. The predicted octanol–water partition coefficient (Wildman–Crippen LogP) is 1.38. The van der Waals surface area contributed by atoms with Crippen LogP contribution in [0.3, 0.4) is 0 Å². The van der Waals surface area contributed by atoms with Crippen molar-refractivity contribution < 1.29 is 32.2 Å². The molecule has 0 unspecified atom stereocenters. The van der Waals surface area contributed by atoms with Crippen LogP contribution in [0, 0.1) is 5.82 Å². The van der Waals surface area contributed by atoms with Crippen LogP contribution in [-0.2, 0) is 10.2 Å². The van der Waals surface area contributed by atoms with E-state index in [1.165, 1.54) is 0 Å². The first-order chi connectivity index (χ1) is 11.8. The number of rotatable bonds is 7. The van der Waals surface area contributed by atoms with E-state index in [9.17, 15) is 22.4 Å². The third-order valence-corrected chi connectivity index (χ3v) is 5.14. The average molecular weight is 374 g/mol. The van der Waals surface area contributed by atoms with Crippen LogP contribution in [0.2, 0.25) is 0 Å². The SMILES string of the molecule is CCCOc1c(C(=O)NS(=O)(=O)N2CCCC2)ccc(C(=O)O)c1F.